The van der Waals surface area contributed by atoms with Crippen LogP contribution in [0, 0.1) is 11.8 Å². The lowest BCUT2D eigenvalue weighted by atomic mass is 9.91. The largest absolute Gasteiger partial charge is 0.390 e. The Morgan fingerprint density at radius 2 is 1.71 bits per heavy atom. The van der Waals surface area contributed by atoms with Gasteiger partial charge >= 0.3 is 0 Å². The van der Waals surface area contributed by atoms with E-state index in [2.05, 4.69) is 13.8 Å². The number of allylic oxidation sites excluding steroid dienone is 2. The van der Waals surface area contributed by atoms with Gasteiger partial charge in [0.1, 0.15) is 18.3 Å². The highest BCUT2D eigenvalue weighted by molar-refractivity contribution is 5.18. The van der Waals surface area contributed by atoms with Gasteiger partial charge in [-0.3, -0.25) is 0 Å². The average molecular weight is 443 g/mol. The number of rotatable bonds is 12. The number of epoxide rings is 1. The molecule has 2 rings (SSSR count). The number of methoxy groups -OCH3 is 4. The lowest BCUT2D eigenvalue weighted by Gasteiger charge is -2.39. The van der Waals surface area contributed by atoms with Crippen molar-refractivity contribution in [1.82, 2.24) is 0 Å². The number of hydrogen-bond donors (Lipinski definition) is 1. The fourth-order valence-electron chi connectivity index (χ4n) is 4.51. The summed E-state index contributed by atoms with van der Waals surface area (Å²) in [7, 11) is 6.68. The Hall–Kier alpha value is -0.800. The molecule has 7 nitrogen and oxygen atoms in total. The fraction of sp³-hybridized carbons (Fsp3) is 0.833. The Kier molecular flexibility index (Phi) is 10.6. The lowest BCUT2D eigenvalue weighted by Crippen LogP contribution is -2.49. The van der Waals surface area contributed by atoms with Gasteiger partial charge < -0.3 is 33.5 Å². The topological polar surface area (TPSA) is 78.9 Å². The molecule has 2 saturated heterocycles. The van der Waals surface area contributed by atoms with E-state index in [1.54, 1.807) is 28.4 Å². The Morgan fingerprint density at radius 1 is 1.03 bits per heavy atom. The van der Waals surface area contributed by atoms with E-state index >= 15 is 0 Å². The van der Waals surface area contributed by atoms with Crippen molar-refractivity contribution in [3.63, 3.8) is 0 Å². The van der Waals surface area contributed by atoms with Crippen molar-refractivity contribution in [2.24, 2.45) is 11.8 Å². The number of aliphatic hydroxyl groups is 1. The van der Waals surface area contributed by atoms with Crippen LogP contribution in [0.15, 0.2) is 23.8 Å². The van der Waals surface area contributed by atoms with Crippen LogP contribution >= 0.6 is 0 Å². The van der Waals surface area contributed by atoms with Crippen LogP contribution in [-0.4, -0.2) is 82.6 Å². The molecule has 0 aromatic heterocycles. The maximum Gasteiger partial charge on any atom is 0.184 e. The lowest BCUT2D eigenvalue weighted by molar-refractivity contribution is -0.256. The highest BCUT2D eigenvalue weighted by Gasteiger charge is 2.50. The van der Waals surface area contributed by atoms with Gasteiger partial charge in [0.2, 0.25) is 0 Å². The summed E-state index contributed by atoms with van der Waals surface area (Å²) in [6.07, 6.45) is 6.18. The predicted octanol–water partition coefficient (Wildman–Crippen LogP) is 3.11. The highest BCUT2D eigenvalue weighted by atomic mass is 16.7. The van der Waals surface area contributed by atoms with Crippen molar-refractivity contribution in [2.75, 3.05) is 28.4 Å². The van der Waals surface area contributed by atoms with Crippen LogP contribution in [-0.2, 0) is 28.4 Å². The molecular weight excluding hydrogens is 400 g/mol. The molecule has 2 fully saturated rings. The second-order valence-electron chi connectivity index (χ2n) is 8.70. The molecule has 10 unspecified atom stereocenters. The maximum absolute atomic E-state index is 10.7. The van der Waals surface area contributed by atoms with Gasteiger partial charge in [0, 0.05) is 46.7 Å². The number of hydrogen-bond acceptors (Lipinski definition) is 7. The fourth-order valence-corrected chi connectivity index (χ4v) is 4.51. The average Bonchev–Trinajstić information content (AvgIpc) is 3.58. The first kappa shape index (κ1) is 26.5. The second kappa shape index (κ2) is 12.4. The van der Waals surface area contributed by atoms with Crippen LogP contribution in [0.5, 0.6) is 0 Å². The standard InChI is InChI=1S/C24H42O7/c1-9-17(26-5)16(4)22-23(30-22)20(25)14(2)11-10-12-15(3)21-18(27-6)13-19(28-7)24(29-8)31-21/h10-12,14,16-25H,9,13H2,1-8H3/b11-10+,15-12+. The van der Waals surface area contributed by atoms with Gasteiger partial charge in [-0.05, 0) is 18.9 Å². The van der Waals surface area contributed by atoms with Gasteiger partial charge in [-0.25, -0.2) is 0 Å². The molecule has 31 heavy (non-hydrogen) atoms. The van der Waals surface area contributed by atoms with Gasteiger partial charge in [0.05, 0.1) is 24.4 Å². The zero-order valence-corrected chi connectivity index (χ0v) is 20.3. The van der Waals surface area contributed by atoms with Gasteiger partial charge in [0.25, 0.3) is 0 Å². The van der Waals surface area contributed by atoms with Crippen molar-refractivity contribution in [3.8, 4) is 0 Å². The van der Waals surface area contributed by atoms with Crippen molar-refractivity contribution in [2.45, 2.75) is 89.6 Å². The normalized spacial score (nSPS) is 35.7. The molecule has 0 aromatic carbocycles. The molecule has 0 saturated carbocycles. The quantitative estimate of drug-likeness (QED) is 0.367. The minimum atomic E-state index is -0.551. The number of ether oxygens (including phenoxy) is 6. The van der Waals surface area contributed by atoms with E-state index in [9.17, 15) is 5.11 Å². The molecule has 7 heteroatoms. The van der Waals surface area contributed by atoms with Gasteiger partial charge in [-0.15, -0.1) is 0 Å². The van der Waals surface area contributed by atoms with Crippen LogP contribution in [0.3, 0.4) is 0 Å². The van der Waals surface area contributed by atoms with E-state index in [1.807, 2.05) is 32.1 Å². The number of aliphatic hydroxyl groups excluding tert-OH is 1. The second-order valence-corrected chi connectivity index (χ2v) is 8.70. The van der Waals surface area contributed by atoms with E-state index in [1.165, 1.54) is 0 Å². The van der Waals surface area contributed by atoms with E-state index < -0.39 is 12.4 Å². The SMILES string of the molecule is CCC(OC)C(C)C1OC1C(O)C(C)/C=C/C=C(\C)C1OC(OC)C(OC)CC1OC. The third-order valence-corrected chi connectivity index (χ3v) is 6.69. The molecule has 1 N–H and O–H groups in total. The molecular formula is C24H42O7. The van der Waals surface area contributed by atoms with Crippen molar-refractivity contribution in [1.29, 1.82) is 0 Å². The zero-order valence-electron chi connectivity index (χ0n) is 20.3. The Bertz CT molecular complexity index is 588. The molecule has 0 aromatic rings. The van der Waals surface area contributed by atoms with Crippen LogP contribution in [0.25, 0.3) is 0 Å². The Labute approximate surface area is 187 Å². The first-order chi connectivity index (χ1) is 14.8. The predicted molar refractivity (Wildman–Crippen MR) is 119 cm³/mol. The molecule has 0 aliphatic carbocycles. The summed E-state index contributed by atoms with van der Waals surface area (Å²) in [5.74, 6) is 0.219. The van der Waals surface area contributed by atoms with Crippen molar-refractivity contribution in [3.05, 3.63) is 23.8 Å². The van der Waals surface area contributed by atoms with E-state index in [0.29, 0.717) is 6.42 Å². The molecule has 2 aliphatic rings. The molecule has 180 valence electrons. The van der Waals surface area contributed by atoms with Gasteiger partial charge in [0.15, 0.2) is 6.29 Å². The molecule has 0 bridgehead atoms. The zero-order chi connectivity index (χ0) is 23.1. The molecule has 0 radical (unpaired) electrons. The summed E-state index contributed by atoms with van der Waals surface area (Å²) < 4.78 is 33.9. The van der Waals surface area contributed by atoms with Gasteiger partial charge in [-0.2, -0.15) is 0 Å². The van der Waals surface area contributed by atoms with Crippen LogP contribution in [0.4, 0.5) is 0 Å². The summed E-state index contributed by atoms with van der Waals surface area (Å²) in [6.45, 7) is 8.24. The van der Waals surface area contributed by atoms with Gasteiger partial charge in [-0.1, -0.05) is 39.0 Å². The minimum Gasteiger partial charge on any atom is -0.390 e. The first-order valence-electron chi connectivity index (χ1n) is 11.3. The summed E-state index contributed by atoms with van der Waals surface area (Å²) in [6, 6.07) is 0. The third kappa shape index (κ3) is 6.60. The molecule has 0 spiro atoms. The molecule has 2 heterocycles. The summed E-state index contributed by atoms with van der Waals surface area (Å²) in [5.41, 5.74) is 1.03. The molecule has 0 amide bonds. The maximum atomic E-state index is 10.7. The highest BCUT2D eigenvalue weighted by Crippen LogP contribution is 2.37. The van der Waals surface area contributed by atoms with Crippen molar-refractivity contribution < 1.29 is 33.5 Å². The summed E-state index contributed by atoms with van der Waals surface area (Å²) in [5, 5.41) is 10.7. The van der Waals surface area contributed by atoms with Crippen LogP contribution in [0.1, 0.15) is 40.5 Å². The first-order valence-corrected chi connectivity index (χ1v) is 11.3. The van der Waals surface area contributed by atoms with E-state index in [0.717, 1.165) is 12.0 Å². The Morgan fingerprint density at radius 3 is 2.26 bits per heavy atom. The third-order valence-electron chi connectivity index (χ3n) is 6.69. The summed E-state index contributed by atoms with van der Waals surface area (Å²) >= 11 is 0. The Balaban J connectivity index is 1.93. The molecule has 10 atom stereocenters. The molecule has 2 aliphatic heterocycles. The van der Waals surface area contributed by atoms with Crippen molar-refractivity contribution >= 4 is 0 Å². The minimum absolute atomic E-state index is 0.0380. The monoisotopic (exact) mass is 442 g/mol. The van der Waals surface area contributed by atoms with Crippen LogP contribution < -0.4 is 0 Å². The summed E-state index contributed by atoms with van der Waals surface area (Å²) in [4.78, 5) is 0. The smallest absolute Gasteiger partial charge is 0.184 e. The van der Waals surface area contributed by atoms with E-state index in [-0.39, 0.29) is 48.5 Å². The van der Waals surface area contributed by atoms with E-state index in [4.69, 9.17) is 28.4 Å². The van der Waals surface area contributed by atoms with Crippen LogP contribution in [0.2, 0.25) is 0 Å².